The highest BCUT2D eigenvalue weighted by molar-refractivity contribution is 6.47. The van der Waals surface area contributed by atoms with E-state index in [4.69, 9.17) is 88.6 Å². The van der Waals surface area contributed by atoms with Gasteiger partial charge in [-0.25, -0.2) is 19.2 Å². The molecule has 0 amide bonds. The number of carbonyl (C=O) groups excluding carboxylic acids is 4. The standard InChI is InChI=1S/C36H44Cl6O8/c1-5-9-11-15-21(13-7-3)19-47-33(43)27-29(41)23(37)17-25(39)31(27)49-35(45)36(46)50-32-26(40)18-24(38)30(42)28(32)34(44)48-20-22(14-8-4)16-12-10-6-2/h17-18,21-22H,5-16,19-20H2,1-4H3/t21-,22?/m1/s1. The number of carbonyl (C=O) groups is 4. The van der Waals surface area contributed by atoms with Crippen LogP contribution in [0.3, 0.4) is 0 Å². The number of ether oxygens (including phenoxy) is 4. The summed E-state index contributed by atoms with van der Waals surface area (Å²) < 4.78 is 21.6. The quantitative estimate of drug-likeness (QED) is 0.0428. The average molecular weight is 817 g/mol. The van der Waals surface area contributed by atoms with E-state index in [-0.39, 0.29) is 55.2 Å². The summed E-state index contributed by atoms with van der Waals surface area (Å²) in [4.78, 5) is 52.8. The Morgan fingerprint density at radius 3 is 1.20 bits per heavy atom. The molecule has 0 aromatic heterocycles. The van der Waals surface area contributed by atoms with E-state index >= 15 is 0 Å². The van der Waals surface area contributed by atoms with Gasteiger partial charge in [0.05, 0.1) is 43.3 Å². The van der Waals surface area contributed by atoms with Gasteiger partial charge in [0.2, 0.25) is 0 Å². The molecule has 0 aliphatic rings. The Morgan fingerprint density at radius 1 is 0.520 bits per heavy atom. The van der Waals surface area contributed by atoms with Gasteiger partial charge in [-0.05, 0) is 49.7 Å². The first-order valence-electron chi connectivity index (χ1n) is 16.9. The number of halogens is 6. The maximum Gasteiger partial charge on any atom is 0.423 e. The van der Waals surface area contributed by atoms with E-state index in [1.54, 1.807) is 0 Å². The number of benzene rings is 2. The van der Waals surface area contributed by atoms with Crippen molar-refractivity contribution in [2.75, 3.05) is 13.2 Å². The molecule has 14 heteroatoms. The second kappa shape index (κ2) is 22.9. The minimum absolute atomic E-state index is 0.0823. The molecule has 278 valence electrons. The summed E-state index contributed by atoms with van der Waals surface area (Å²) in [5.74, 6) is -6.14. The highest BCUT2D eigenvalue weighted by atomic mass is 35.5. The molecule has 2 aromatic carbocycles. The second-order valence-electron chi connectivity index (χ2n) is 12.0. The minimum Gasteiger partial charge on any atom is -0.462 e. The van der Waals surface area contributed by atoms with Gasteiger partial charge in [0.25, 0.3) is 0 Å². The maximum absolute atomic E-state index is 13.3. The van der Waals surface area contributed by atoms with E-state index in [2.05, 4.69) is 13.8 Å². The van der Waals surface area contributed by atoms with E-state index in [1.165, 1.54) is 0 Å². The molecule has 0 bridgehead atoms. The van der Waals surface area contributed by atoms with Crippen molar-refractivity contribution in [1.29, 1.82) is 0 Å². The lowest BCUT2D eigenvalue weighted by Crippen LogP contribution is -2.27. The van der Waals surface area contributed by atoms with Crippen LogP contribution in [0.1, 0.15) is 125 Å². The third kappa shape index (κ3) is 13.2. The minimum atomic E-state index is -1.64. The van der Waals surface area contributed by atoms with Crippen molar-refractivity contribution in [2.45, 2.75) is 105 Å². The SMILES string of the molecule is CCCCCC(CCC)COC(=O)c1c(Cl)c(Cl)cc(Cl)c1OC(=O)C(=O)Oc1c(Cl)cc(Cl)c(Cl)c1C(=O)OC[C@H](CCC)CCCCC. The number of hydrogen-bond acceptors (Lipinski definition) is 8. The second-order valence-corrected chi connectivity index (χ2v) is 14.4. The first-order valence-corrected chi connectivity index (χ1v) is 19.2. The van der Waals surface area contributed by atoms with Gasteiger partial charge in [-0.15, -0.1) is 0 Å². The molecule has 0 aliphatic carbocycles. The molecule has 2 aromatic rings. The van der Waals surface area contributed by atoms with Crippen LogP contribution in [0.5, 0.6) is 11.5 Å². The Morgan fingerprint density at radius 2 is 0.880 bits per heavy atom. The number of esters is 4. The normalized spacial score (nSPS) is 12.3. The Bertz CT molecular complexity index is 1370. The molecule has 0 N–H and O–H groups in total. The van der Waals surface area contributed by atoms with Gasteiger partial charge in [-0.3, -0.25) is 0 Å². The third-order valence-corrected chi connectivity index (χ3v) is 10.1. The Hall–Kier alpha value is -1.94. The summed E-state index contributed by atoms with van der Waals surface area (Å²) in [5, 5.41) is -1.45. The van der Waals surface area contributed by atoms with Gasteiger partial charge in [-0.1, -0.05) is 149 Å². The largest absolute Gasteiger partial charge is 0.462 e. The maximum atomic E-state index is 13.3. The highest BCUT2D eigenvalue weighted by Crippen LogP contribution is 2.42. The van der Waals surface area contributed by atoms with E-state index in [0.29, 0.717) is 0 Å². The molecule has 0 spiro atoms. The molecule has 0 fully saturated rings. The van der Waals surface area contributed by atoms with Crippen LogP contribution < -0.4 is 9.47 Å². The van der Waals surface area contributed by atoms with Crippen molar-refractivity contribution in [1.82, 2.24) is 0 Å². The molecule has 0 radical (unpaired) electrons. The topological polar surface area (TPSA) is 105 Å². The van der Waals surface area contributed by atoms with Crippen LogP contribution in [0.25, 0.3) is 0 Å². The molecule has 0 saturated heterocycles. The first-order chi connectivity index (χ1) is 23.8. The summed E-state index contributed by atoms with van der Waals surface area (Å²) in [6.45, 7) is 8.44. The van der Waals surface area contributed by atoms with E-state index in [0.717, 1.165) is 89.2 Å². The van der Waals surface area contributed by atoms with Gasteiger partial charge in [-0.2, -0.15) is 0 Å². The Labute approximate surface area is 324 Å². The Kier molecular flexibility index (Phi) is 20.2. The van der Waals surface area contributed by atoms with Crippen LogP contribution in [0.15, 0.2) is 12.1 Å². The van der Waals surface area contributed by atoms with Gasteiger partial charge in [0, 0.05) is 0 Å². The zero-order valence-corrected chi connectivity index (χ0v) is 33.3. The predicted octanol–water partition coefficient (Wildman–Crippen LogP) is 12.4. The summed E-state index contributed by atoms with van der Waals surface area (Å²) >= 11 is 37.7. The van der Waals surface area contributed by atoms with Crippen molar-refractivity contribution in [3.05, 3.63) is 53.4 Å². The van der Waals surface area contributed by atoms with Crippen LogP contribution >= 0.6 is 69.6 Å². The fourth-order valence-electron chi connectivity index (χ4n) is 5.33. The van der Waals surface area contributed by atoms with Crippen molar-refractivity contribution in [2.24, 2.45) is 11.8 Å². The van der Waals surface area contributed by atoms with Gasteiger partial charge in [0.15, 0.2) is 11.5 Å². The van der Waals surface area contributed by atoms with Crippen molar-refractivity contribution in [3.63, 3.8) is 0 Å². The van der Waals surface area contributed by atoms with Gasteiger partial charge in [0.1, 0.15) is 11.1 Å². The van der Waals surface area contributed by atoms with Crippen LogP contribution in [-0.2, 0) is 19.1 Å². The highest BCUT2D eigenvalue weighted by Gasteiger charge is 2.32. The molecular weight excluding hydrogens is 773 g/mol. The molecule has 0 saturated carbocycles. The van der Waals surface area contributed by atoms with Crippen LogP contribution in [0.2, 0.25) is 30.1 Å². The number of rotatable bonds is 20. The monoisotopic (exact) mass is 814 g/mol. The summed E-state index contributed by atoms with van der Waals surface area (Å²) in [7, 11) is 0. The molecule has 0 heterocycles. The molecule has 2 rings (SSSR count). The molecule has 1 unspecified atom stereocenters. The van der Waals surface area contributed by atoms with Crippen LogP contribution in [0, 0.1) is 11.8 Å². The van der Waals surface area contributed by atoms with E-state index in [9.17, 15) is 19.2 Å². The summed E-state index contributed by atoms with van der Waals surface area (Å²) in [5.41, 5.74) is -0.905. The molecule has 8 nitrogen and oxygen atoms in total. The molecule has 0 aliphatic heterocycles. The lowest BCUT2D eigenvalue weighted by molar-refractivity contribution is -0.156. The molecule has 50 heavy (non-hydrogen) atoms. The zero-order chi connectivity index (χ0) is 37.4. The van der Waals surface area contributed by atoms with Crippen molar-refractivity contribution < 1.29 is 38.1 Å². The van der Waals surface area contributed by atoms with Crippen molar-refractivity contribution in [3.8, 4) is 11.5 Å². The number of unbranched alkanes of at least 4 members (excludes halogenated alkanes) is 4. The summed E-state index contributed by atoms with van der Waals surface area (Å²) in [6, 6.07) is 2.28. The third-order valence-electron chi connectivity index (χ3n) is 7.94. The van der Waals surface area contributed by atoms with Gasteiger partial charge >= 0.3 is 23.9 Å². The lowest BCUT2D eigenvalue weighted by atomic mass is 9.97. The van der Waals surface area contributed by atoms with E-state index in [1.807, 2.05) is 13.8 Å². The average Bonchev–Trinajstić information content (AvgIpc) is 3.07. The number of hydrogen-bond donors (Lipinski definition) is 0. The Balaban J connectivity index is 2.32. The van der Waals surface area contributed by atoms with E-state index < -0.39 is 46.5 Å². The molecule has 2 atom stereocenters. The van der Waals surface area contributed by atoms with Crippen LogP contribution in [-0.4, -0.2) is 37.1 Å². The zero-order valence-electron chi connectivity index (χ0n) is 28.7. The van der Waals surface area contributed by atoms with Crippen molar-refractivity contribution >= 4 is 93.5 Å². The fraction of sp³-hybridized carbons (Fsp3) is 0.556. The van der Waals surface area contributed by atoms with Gasteiger partial charge < -0.3 is 18.9 Å². The predicted molar refractivity (Wildman–Crippen MR) is 200 cm³/mol. The van der Waals surface area contributed by atoms with Crippen LogP contribution in [0.4, 0.5) is 0 Å². The molecular formula is C36H44Cl6O8. The smallest absolute Gasteiger partial charge is 0.423 e. The fourth-order valence-corrected chi connectivity index (χ4v) is 6.76. The first kappa shape index (κ1) is 44.2. The lowest BCUT2D eigenvalue weighted by Gasteiger charge is -2.19. The summed E-state index contributed by atoms with van der Waals surface area (Å²) in [6.07, 6.45) is 11.3.